The quantitative estimate of drug-likeness (QED) is 0.526. The maximum Gasteiger partial charge on any atom is 0.138 e. The molecule has 3 rings (SSSR count). The van der Waals surface area contributed by atoms with Crippen LogP contribution >= 0.6 is 0 Å². The highest BCUT2D eigenvalue weighted by Crippen LogP contribution is 2.36. The predicted octanol–water partition coefficient (Wildman–Crippen LogP) is 6.01. The number of hydrogen-bond acceptors (Lipinski definition) is 1. The molecule has 0 aliphatic rings. The maximum atomic E-state index is 6.11. The molecule has 0 saturated carbocycles. The molecule has 0 radical (unpaired) electrons. The Bertz CT molecular complexity index is 769. The molecule has 0 amide bonds. The number of hydrogen-bond donors (Lipinski definition) is 0. The fourth-order valence-corrected chi connectivity index (χ4v) is 2.74. The summed E-state index contributed by atoms with van der Waals surface area (Å²) in [5.41, 5.74) is 4.83. The summed E-state index contributed by atoms with van der Waals surface area (Å²) in [6, 6.07) is 13.0. The highest BCUT2D eigenvalue weighted by atomic mass is 16.3. The fourth-order valence-electron chi connectivity index (χ4n) is 2.74. The van der Waals surface area contributed by atoms with Gasteiger partial charge in [0.15, 0.2) is 0 Å². The Morgan fingerprint density at radius 3 is 2.35 bits per heavy atom. The molecule has 0 bridgehead atoms. The van der Waals surface area contributed by atoms with E-state index in [1.54, 1.807) is 0 Å². The van der Waals surface area contributed by atoms with Gasteiger partial charge >= 0.3 is 0 Å². The van der Waals surface area contributed by atoms with Crippen LogP contribution in [0.3, 0.4) is 0 Å². The zero-order valence-electron chi connectivity index (χ0n) is 12.9. The largest absolute Gasteiger partial charge is 0.456 e. The Labute approximate surface area is 120 Å². The van der Waals surface area contributed by atoms with Gasteiger partial charge in [0.25, 0.3) is 0 Å². The highest BCUT2D eigenvalue weighted by molar-refractivity contribution is 6.06. The van der Waals surface area contributed by atoms with E-state index in [0.717, 1.165) is 11.2 Å². The average Bonchev–Trinajstić information content (AvgIpc) is 2.74. The zero-order chi connectivity index (χ0) is 14.5. The molecule has 0 saturated heterocycles. The Morgan fingerprint density at radius 1 is 0.950 bits per heavy atom. The van der Waals surface area contributed by atoms with Gasteiger partial charge in [-0.2, -0.15) is 0 Å². The molecule has 20 heavy (non-hydrogen) atoms. The molecule has 2 aromatic carbocycles. The number of benzene rings is 2. The van der Waals surface area contributed by atoms with Gasteiger partial charge in [-0.05, 0) is 34.6 Å². The van der Waals surface area contributed by atoms with Crippen LogP contribution < -0.4 is 0 Å². The van der Waals surface area contributed by atoms with Crippen molar-refractivity contribution in [1.82, 2.24) is 0 Å². The van der Waals surface area contributed by atoms with E-state index in [9.17, 15) is 0 Å². The molecule has 0 atom stereocenters. The van der Waals surface area contributed by atoms with E-state index in [-0.39, 0.29) is 5.41 Å². The van der Waals surface area contributed by atoms with Crippen LogP contribution in [0, 0.1) is 0 Å². The van der Waals surface area contributed by atoms with Gasteiger partial charge in [-0.25, -0.2) is 0 Å². The first-order valence-electron chi connectivity index (χ1n) is 7.33. The number of fused-ring (bicyclic) bond motifs is 3. The predicted molar refractivity (Wildman–Crippen MR) is 86.5 cm³/mol. The number of furan rings is 1. The summed E-state index contributed by atoms with van der Waals surface area (Å²) in [6.45, 7) is 11.2. The lowest BCUT2D eigenvalue weighted by atomic mass is 9.86. The van der Waals surface area contributed by atoms with Crippen LogP contribution in [-0.4, -0.2) is 0 Å². The Morgan fingerprint density at radius 2 is 1.70 bits per heavy atom. The molecule has 1 heterocycles. The molecule has 1 nitrogen and oxygen atoms in total. The van der Waals surface area contributed by atoms with Gasteiger partial charge in [0.1, 0.15) is 11.2 Å². The molecular weight excluding hydrogens is 244 g/mol. The highest BCUT2D eigenvalue weighted by Gasteiger charge is 2.17. The van der Waals surface area contributed by atoms with E-state index in [1.165, 1.54) is 21.9 Å². The fraction of sp³-hybridized carbons (Fsp3) is 0.368. The van der Waals surface area contributed by atoms with Gasteiger partial charge in [0, 0.05) is 10.8 Å². The summed E-state index contributed by atoms with van der Waals surface area (Å²) in [5, 5.41) is 2.47. The second kappa shape index (κ2) is 4.37. The minimum atomic E-state index is 0.160. The van der Waals surface area contributed by atoms with Crippen molar-refractivity contribution in [1.29, 1.82) is 0 Å². The molecule has 3 aromatic rings. The first kappa shape index (κ1) is 13.2. The lowest BCUT2D eigenvalue weighted by Gasteiger charge is -2.18. The third-order valence-electron chi connectivity index (χ3n) is 4.02. The molecule has 0 aliphatic heterocycles. The van der Waals surface area contributed by atoms with E-state index in [1.807, 2.05) is 0 Å². The van der Waals surface area contributed by atoms with Gasteiger partial charge < -0.3 is 4.42 Å². The van der Waals surface area contributed by atoms with Crippen LogP contribution in [0.2, 0.25) is 0 Å². The van der Waals surface area contributed by atoms with Crippen LogP contribution in [0.5, 0.6) is 0 Å². The van der Waals surface area contributed by atoms with Crippen molar-refractivity contribution in [3.8, 4) is 0 Å². The van der Waals surface area contributed by atoms with Crippen LogP contribution in [0.15, 0.2) is 40.8 Å². The van der Waals surface area contributed by atoms with Gasteiger partial charge in [0.2, 0.25) is 0 Å². The van der Waals surface area contributed by atoms with Crippen molar-refractivity contribution in [3.63, 3.8) is 0 Å². The lowest BCUT2D eigenvalue weighted by Crippen LogP contribution is -2.10. The second-order valence-corrected chi connectivity index (χ2v) is 6.94. The van der Waals surface area contributed by atoms with E-state index in [4.69, 9.17) is 4.42 Å². The Balaban J connectivity index is 2.36. The molecule has 0 aliphatic carbocycles. The van der Waals surface area contributed by atoms with E-state index in [0.29, 0.717) is 5.92 Å². The van der Waals surface area contributed by atoms with Crippen molar-refractivity contribution in [3.05, 3.63) is 47.5 Å². The molecule has 104 valence electrons. The maximum absolute atomic E-state index is 6.11. The average molecular weight is 266 g/mol. The zero-order valence-corrected chi connectivity index (χ0v) is 12.9. The second-order valence-electron chi connectivity index (χ2n) is 6.94. The standard InChI is InChI=1S/C19H22O/c1-12(2)14-7-6-8-15-16-11-13(19(3,4)5)9-10-17(16)20-18(14)15/h6-12H,1-5H3. The number of para-hydroxylation sites is 1. The molecule has 0 spiro atoms. The first-order valence-corrected chi connectivity index (χ1v) is 7.33. The van der Waals surface area contributed by atoms with E-state index in [2.05, 4.69) is 71.0 Å². The molecule has 0 fully saturated rings. The van der Waals surface area contributed by atoms with E-state index >= 15 is 0 Å². The Hall–Kier alpha value is -1.76. The molecule has 0 N–H and O–H groups in total. The summed E-state index contributed by atoms with van der Waals surface area (Å²) in [7, 11) is 0. The monoisotopic (exact) mass is 266 g/mol. The van der Waals surface area contributed by atoms with Crippen LogP contribution in [-0.2, 0) is 5.41 Å². The summed E-state index contributed by atoms with van der Waals surface area (Å²) in [4.78, 5) is 0. The minimum absolute atomic E-state index is 0.160. The molecule has 1 heteroatoms. The van der Waals surface area contributed by atoms with Gasteiger partial charge in [-0.15, -0.1) is 0 Å². The van der Waals surface area contributed by atoms with Crippen LogP contribution in [0.25, 0.3) is 21.9 Å². The smallest absolute Gasteiger partial charge is 0.138 e. The third-order valence-corrected chi connectivity index (χ3v) is 4.02. The number of rotatable bonds is 1. The van der Waals surface area contributed by atoms with Gasteiger partial charge in [-0.3, -0.25) is 0 Å². The summed E-state index contributed by atoms with van der Waals surface area (Å²) in [5.74, 6) is 0.473. The normalized spacial score (nSPS) is 12.7. The summed E-state index contributed by atoms with van der Waals surface area (Å²) >= 11 is 0. The topological polar surface area (TPSA) is 13.1 Å². The van der Waals surface area contributed by atoms with Crippen molar-refractivity contribution < 1.29 is 4.42 Å². The van der Waals surface area contributed by atoms with Crippen molar-refractivity contribution in [2.24, 2.45) is 0 Å². The molecule has 1 aromatic heterocycles. The first-order chi connectivity index (χ1) is 9.38. The van der Waals surface area contributed by atoms with E-state index < -0.39 is 0 Å². The Kier molecular flexibility index (Phi) is 2.89. The molecule has 0 unspecified atom stereocenters. The third kappa shape index (κ3) is 2.02. The summed E-state index contributed by atoms with van der Waals surface area (Å²) in [6.07, 6.45) is 0. The van der Waals surface area contributed by atoms with Crippen LogP contribution in [0.1, 0.15) is 51.7 Å². The summed E-state index contributed by atoms with van der Waals surface area (Å²) < 4.78 is 6.11. The van der Waals surface area contributed by atoms with Crippen LogP contribution in [0.4, 0.5) is 0 Å². The van der Waals surface area contributed by atoms with Gasteiger partial charge in [-0.1, -0.05) is 58.9 Å². The van der Waals surface area contributed by atoms with Crippen molar-refractivity contribution in [2.75, 3.05) is 0 Å². The van der Waals surface area contributed by atoms with Crippen molar-refractivity contribution >= 4 is 21.9 Å². The SMILES string of the molecule is CC(C)c1cccc2c1oc1ccc(C(C)(C)C)cc12. The van der Waals surface area contributed by atoms with Crippen molar-refractivity contribution in [2.45, 2.75) is 46.0 Å². The minimum Gasteiger partial charge on any atom is -0.456 e. The lowest BCUT2D eigenvalue weighted by molar-refractivity contribution is 0.590. The van der Waals surface area contributed by atoms with Gasteiger partial charge in [0.05, 0.1) is 0 Å². The molecular formula is C19H22O.